The number of nitrogens with one attached hydrogen (secondary N) is 1. The molecule has 5 nitrogen and oxygen atoms in total. The normalized spacial score (nSPS) is 10.4. The number of fused-ring (bicyclic) bond motifs is 1. The van der Waals surface area contributed by atoms with Crippen molar-refractivity contribution in [3.63, 3.8) is 0 Å². The van der Waals surface area contributed by atoms with Gasteiger partial charge in [-0.2, -0.15) is 0 Å². The van der Waals surface area contributed by atoms with Crippen LogP contribution in [-0.2, 0) is 9.53 Å². The van der Waals surface area contributed by atoms with Crippen molar-refractivity contribution in [3.8, 4) is 11.3 Å². The lowest BCUT2D eigenvalue weighted by Gasteiger charge is -2.10. The van der Waals surface area contributed by atoms with Gasteiger partial charge in [-0.25, -0.2) is 9.78 Å². The summed E-state index contributed by atoms with van der Waals surface area (Å²) in [5.41, 5.74) is 2.57. The Hall–Kier alpha value is -2.99. The van der Waals surface area contributed by atoms with E-state index in [-0.39, 0.29) is 12.5 Å². The number of hydrogen-bond donors (Lipinski definition) is 1. The molecule has 1 amide bonds. The van der Waals surface area contributed by atoms with Crippen molar-refractivity contribution in [1.29, 1.82) is 0 Å². The third-order valence-electron chi connectivity index (χ3n) is 3.83. The average Bonchev–Trinajstić information content (AvgIpc) is 2.69. The van der Waals surface area contributed by atoms with E-state index in [1.54, 1.807) is 18.2 Å². The van der Waals surface area contributed by atoms with E-state index in [4.69, 9.17) is 4.74 Å². The first-order valence-corrected chi connectivity index (χ1v) is 9.08. The first-order valence-electron chi connectivity index (χ1n) is 8.29. The standard InChI is InChI=1S/C21H17BrN2O3/c1-2-10-23-20(25)13-27-21(26)17-12-19(14-6-5-7-15(22)11-14)24-18-9-4-3-8-16(17)18/h2-9,11-12H,1,10,13H2,(H,23,25). The van der Waals surface area contributed by atoms with E-state index >= 15 is 0 Å². The van der Waals surface area contributed by atoms with Gasteiger partial charge < -0.3 is 10.1 Å². The smallest absolute Gasteiger partial charge is 0.339 e. The molecule has 1 N–H and O–H groups in total. The monoisotopic (exact) mass is 424 g/mol. The van der Waals surface area contributed by atoms with Gasteiger partial charge in [0.15, 0.2) is 6.61 Å². The van der Waals surface area contributed by atoms with Crippen LogP contribution in [0, 0.1) is 0 Å². The average molecular weight is 425 g/mol. The fourth-order valence-electron chi connectivity index (χ4n) is 2.59. The minimum atomic E-state index is -0.571. The van der Waals surface area contributed by atoms with Crippen molar-refractivity contribution in [2.75, 3.05) is 13.2 Å². The number of pyridine rings is 1. The van der Waals surface area contributed by atoms with Crippen LogP contribution in [-0.4, -0.2) is 30.0 Å². The zero-order valence-corrected chi connectivity index (χ0v) is 16.0. The quantitative estimate of drug-likeness (QED) is 0.477. The highest BCUT2D eigenvalue weighted by atomic mass is 79.9. The molecule has 0 aliphatic heterocycles. The van der Waals surface area contributed by atoms with Crippen LogP contribution in [0.15, 0.2) is 71.7 Å². The van der Waals surface area contributed by atoms with Crippen LogP contribution >= 0.6 is 15.9 Å². The van der Waals surface area contributed by atoms with E-state index in [2.05, 4.69) is 32.8 Å². The molecule has 2 aromatic carbocycles. The minimum absolute atomic E-state index is 0.321. The first-order chi connectivity index (χ1) is 13.1. The second-order valence-electron chi connectivity index (χ2n) is 5.75. The minimum Gasteiger partial charge on any atom is -0.452 e. The molecular weight excluding hydrogens is 408 g/mol. The number of rotatable bonds is 6. The molecule has 0 radical (unpaired) electrons. The lowest BCUT2D eigenvalue weighted by molar-refractivity contribution is -0.124. The van der Waals surface area contributed by atoms with Gasteiger partial charge >= 0.3 is 5.97 Å². The number of carbonyl (C=O) groups is 2. The number of benzene rings is 2. The summed E-state index contributed by atoms with van der Waals surface area (Å²) >= 11 is 3.45. The maximum Gasteiger partial charge on any atom is 0.339 e. The van der Waals surface area contributed by atoms with Crippen molar-refractivity contribution < 1.29 is 14.3 Å². The van der Waals surface area contributed by atoms with Gasteiger partial charge in [0.2, 0.25) is 0 Å². The Kier molecular flexibility index (Phi) is 5.98. The van der Waals surface area contributed by atoms with Gasteiger partial charge in [0.25, 0.3) is 5.91 Å². The first kappa shape index (κ1) is 18.8. The van der Waals surface area contributed by atoms with E-state index < -0.39 is 5.97 Å². The Morgan fingerprint density at radius 3 is 2.74 bits per heavy atom. The highest BCUT2D eigenvalue weighted by Crippen LogP contribution is 2.27. The molecule has 0 aliphatic carbocycles. The number of esters is 1. The summed E-state index contributed by atoms with van der Waals surface area (Å²) in [7, 11) is 0. The Bertz CT molecular complexity index is 1020. The van der Waals surface area contributed by atoms with Crippen LogP contribution < -0.4 is 5.32 Å². The van der Waals surface area contributed by atoms with Crippen LogP contribution in [0.2, 0.25) is 0 Å². The maximum atomic E-state index is 12.6. The second kappa shape index (κ2) is 8.60. The summed E-state index contributed by atoms with van der Waals surface area (Å²) < 4.78 is 6.10. The molecule has 0 saturated heterocycles. The van der Waals surface area contributed by atoms with Crippen LogP contribution in [0.25, 0.3) is 22.2 Å². The Morgan fingerprint density at radius 2 is 1.96 bits per heavy atom. The van der Waals surface area contributed by atoms with E-state index in [1.165, 1.54) is 0 Å². The number of amides is 1. The number of ether oxygens (including phenoxy) is 1. The molecular formula is C21H17BrN2O3. The zero-order chi connectivity index (χ0) is 19.2. The molecule has 0 fully saturated rings. The summed E-state index contributed by atoms with van der Waals surface area (Å²) in [6, 6.07) is 16.7. The summed E-state index contributed by atoms with van der Waals surface area (Å²) in [6.07, 6.45) is 1.56. The van der Waals surface area contributed by atoms with E-state index in [9.17, 15) is 9.59 Å². The number of para-hydroxylation sites is 1. The van der Waals surface area contributed by atoms with Crippen LogP contribution in [0.3, 0.4) is 0 Å². The Labute approximate surface area is 165 Å². The molecule has 0 aliphatic rings. The molecule has 3 aromatic rings. The molecule has 0 saturated carbocycles. The predicted octanol–water partition coefficient (Wildman–Crippen LogP) is 4.12. The van der Waals surface area contributed by atoms with Crippen molar-refractivity contribution in [2.45, 2.75) is 0 Å². The van der Waals surface area contributed by atoms with E-state index in [1.807, 2.05) is 42.5 Å². The summed E-state index contributed by atoms with van der Waals surface area (Å²) in [6.45, 7) is 3.49. The summed E-state index contributed by atoms with van der Waals surface area (Å²) in [5.74, 6) is -0.951. The summed E-state index contributed by atoms with van der Waals surface area (Å²) in [5, 5.41) is 3.24. The highest BCUT2D eigenvalue weighted by Gasteiger charge is 2.16. The van der Waals surface area contributed by atoms with Crippen LogP contribution in [0.5, 0.6) is 0 Å². The van der Waals surface area contributed by atoms with Crippen molar-refractivity contribution in [3.05, 3.63) is 77.3 Å². The third-order valence-corrected chi connectivity index (χ3v) is 4.33. The number of aromatic nitrogens is 1. The van der Waals surface area contributed by atoms with Gasteiger partial charge in [-0.05, 0) is 24.3 Å². The molecule has 0 spiro atoms. The SMILES string of the molecule is C=CCNC(=O)COC(=O)c1cc(-c2cccc(Br)c2)nc2ccccc12. The van der Waals surface area contributed by atoms with Crippen molar-refractivity contribution in [1.82, 2.24) is 10.3 Å². The zero-order valence-electron chi connectivity index (χ0n) is 14.4. The second-order valence-corrected chi connectivity index (χ2v) is 6.67. The Morgan fingerprint density at radius 1 is 1.15 bits per heavy atom. The number of carbonyl (C=O) groups excluding carboxylic acids is 2. The van der Waals surface area contributed by atoms with Crippen LogP contribution in [0.1, 0.15) is 10.4 Å². The molecule has 6 heteroatoms. The molecule has 1 aromatic heterocycles. The highest BCUT2D eigenvalue weighted by molar-refractivity contribution is 9.10. The molecule has 0 unspecified atom stereocenters. The molecule has 27 heavy (non-hydrogen) atoms. The van der Waals surface area contributed by atoms with E-state index in [0.29, 0.717) is 28.7 Å². The molecule has 136 valence electrons. The molecule has 0 atom stereocenters. The molecule has 3 rings (SSSR count). The lowest BCUT2D eigenvalue weighted by Crippen LogP contribution is -2.28. The Balaban J connectivity index is 1.94. The molecule has 1 heterocycles. The molecule has 0 bridgehead atoms. The van der Waals surface area contributed by atoms with Gasteiger partial charge in [-0.1, -0.05) is 52.3 Å². The van der Waals surface area contributed by atoms with Gasteiger partial charge in [0, 0.05) is 22.0 Å². The number of halogens is 1. The third kappa shape index (κ3) is 4.60. The number of hydrogen-bond acceptors (Lipinski definition) is 4. The van der Waals surface area contributed by atoms with Crippen LogP contribution in [0.4, 0.5) is 0 Å². The predicted molar refractivity (Wildman–Crippen MR) is 108 cm³/mol. The lowest BCUT2D eigenvalue weighted by atomic mass is 10.0. The fourth-order valence-corrected chi connectivity index (χ4v) is 2.99. The fraction of sp³-hybridized carbons (Fsp3) is 0.0952. The summed E-state index contributed by atoms with van der Waals surface area (Å²) in [4.78, 5) is 28.9. The largest absolute Gasteiger partial charge is 0.452 e. The van der Waals surface area contributed by atoms with Gasteiger partial charge in [-0.3, -0.25) is 4.79 Å². The number of nitrogens with zero attached hydrogens (tertiary/aromatic N) is 1. The van der Waals surface area contributed by atoms with Gasteiger partial charge in [0.05, 0.1) is 16.8 Å². The van der Waals surface area contributed by atoms with E-state index in [0.717, 1.165) is 10.0 Å². The van der Waals surface area contributed by atoms with Crippen molar-refractivity contribution in [2.24, 2.45) is 0 Å². The van der Waals surface area contributed by atoms with Gasteiger partial charge in [0.1, 0.15) is 0 Å². The van der Waals surface area contributed by atoms with Gasteiger partial charge in [-0.15, -0.1) is 6.58 Å². The van der Waals surface area contributed by atoms with Crippen molar-refractivity contribution >= 4 is 38.7 Å². The maximum absolute atomic E-state index is 12.6. The topological polar surface area (TPSA) is 68.3 Å².